The Bertz CT molecular complexity index is 713. The van der Waals surface area contributed by atoms with Crippen LogP contribution in [0.4, 0.5) is 5.69 Å². The zero-order valence-electron chi connectivity index (χ0n) is 11.2. The van der Waals surface area contributed by atoms with E-state index in [4.69, 9.17) is 23.2 Å². The molecule has 0 spiro atoms. The van der Waals surface area contributed by atoms with Crippen LogP contribution in [0.1, 0.15) is 11.1 Å². The number of amides is 1. The van der Waals surface area contributed by atoms with Crippen LogP contribution in [-0.4, -0.2) is 5.91 Å². The minimum atomic E-state index is -0.203. The van der Waals surface area contributed by atoms with Gasteiger partial charge in [-0.15, -0.1) is 0 Å². The van der Waals surface area contributed by atoms with E-state index >= 15 is 0 Å². The number of carbonyl (C=O) groups is 1. The van der Waals surface area contributed by atoms with Crippen LogP contribution >= 0.6 is 45.8 Å². The minimum absolute atomic E-state index is 0.203. The van der Waals surface area contributed by atoms with Crippen LogP contribution in [0.15, 0.2) is 42.5 Å². The highest BCUT2D eigenvalue weighted by Gasteiger charge is 2.03. The molecule has 2 rings (SSSR count). The first-order valence-electron chi connectivity index (χ1n) is 6.16. The van der Waals surface area contributed by atoms with Gasteiger partial charge in [-0.1, -0.05) is 29.3 Å². The number of hydrogen-bond acceptors (Lipinski definition) is 1. The number of anilines is 1. The van der Waals surface area contributed by atoms with Gasteiger partial charge in [0.2, 0.25) is 5.91 Å². The minimum Gasteiger partial charge on any atom is -0.322 e. The van der Waals surface area contributed by atoms with Crippen LogP contribution in [0.2, 0.25) is 10.0 Å². The Kier molecular flexibility index (Phi) is 5.67. The van der Waals surface area contributed by atoms with Gasteiger partial charge in [-0.25, -0.2) is 0 Å². The van der Waals surface area contributed by atoms with Crippen LogP contribution < -0.4 is 5.32 Å². The Hall–Kier alpha value is -1.04. The summed E-state index contributed by atoms with van der Waals surface area (Å²) in [5.74, 6) is -0.203. The molecule has 1 amide bonds. The fourth-order valence-electron chi connectivity index (χ4n) is 1.74. The van der Waals surface area contributed by atoms with Gasteiger partial charge in [-0.3, -0.25) is 4.79 Å². The van der Waals surface area contributed by atoms with Gasteiger partial charge in [0.25, 0.3) is 0 Å². The summed E-state index contributed by atoms with van der Waals surface area (Å²) in [4.78, 5) is 11.9. The largest absolute Gasteiger partial charge is 0.322 e. The molecule has 0 aliphatic carbocycles. The molecule has 0 fully saturated rings. The summed E-state index contributed by atoms with van der Waals surface area (Å²) >= 11 is 14.1. The molecule has 2 aromatic rings. The lowest BCUT2D eigenvalue weighted by molar-refractivity contribution is -0.111. The number of benzene rings is 2. The summed E-state index contributed by atoms with van der Waals surface area (Å²) < 4.78 is 1.13. The molecule has 0 bridgehead atoms. The smallest absolute Gasteiger partial charge is 0.248 e. The van der Waals surface area contributed by atoms with Gasteiger partial charge in [0, 0.05) is 25.4 Å². The second-order valence-corrected chi connectivity index (χ2v) is 6.54. The predicted molar refractivity (Wildman–Crippen MR) is 98.0 cm³/mol. The first-order chi connectivity index (χ1) is 9.95. The van der Waals surface area contributed by atoms with Crippen LogP contribution in [-0.2, 0) is 4.79 Å². The monoisotopic (exact) mass is 431 g/mol. The lowest BCUT2D eigenvalue weighted by Crippen LogP contribution is -2.08. The SMILES string of the molecule is Cc1cc(I)ccc1NC(=O)/C=C/c1ccc(Cl)cc1Cl. The summed E-state index contributed by atoms with van der Waals surface area (Å²) in [5, 5.41) is 3.92. The number of carbonyl (C=O) groups excluding carboxylic acids is 1. The summed E-state index contributed by atoms with van der Waals surface area (Å²) in [6.45, 7) is 1.96. The maximum atomic E-state index is 11.9. The second-order valence-electron chi connectivity index (χ2n) is 4.45. The van der Waals surface area contributed by atoms with Crippen molar-refractivity contribution in [1.82, 2.24) is 0 Å². The van der Waals surface area contributed by atoms with E-state index in [9.17, 15) is 4.79 Å². The van der Waals surface area contributed by atoms with Gasteiger partial charge >= 0.3 is 0 Å². The number of rotatable bonds is 3. The molecule has 21 heavy (non-hydrogen) atoms. The van der Waals surface area contributed by atoms with E-state index in [1.54, 1.807) is 24.3 Å². The van der Waals surface area contributed by atoms with E-state index in [0.717, 1.165) is 20.4 Å². The Balaban J connectivity index is 2.09. The molecular weight excluding hydrogens is 420 g/mol. The van der Waals surface area contributed by atoms with E-state index in [1.165, 1.54) is 6.08 Å². The van der Waals surface area contributed by atoms with Crippen LogP contribution in [0.3, 0.4) is 0 Å². The zero-order valence-corrected chi connectivity index (χ0v) is 14.8. The highest BCUT2D eigenvalue weighted by Crippen LogP contribution is 2.22. The summed E-state index contributed by atoms with van der Waals surface area (Å²) in [6, 6.07) is 11.0. The maximum absolute atomic E-state index is 11.9. The molecule has 0 aliphatic rings. The normalized spacial score (nSPS) is 10.9. The topological polar surface area (TPSA) is 29.1 Å². The average molecular weight is 432 g/mol. The molecule has 0 saturated heterocycles. The molecule has 5 heteroatoms. The Morgan fingerprint density at radius 3 is 2.62 bits per heavy atom. The van der Waals surface area contributed by atoms with Crippen molar-refractivity contribution in [2.45, 2.75) is 6.92 Å². The quantitative estimate of drug-likeness (QED) is 0.500. The fourth-order valence-corrected chi connectivity index (χ4v) is 2.86. The average Bonchev–Trinajstić information content (AvgIpc) is 2.41. The van der Waals surface area contributed by atoms with Gasteiger partial charge in [-0.05, 0) is 77.0 Å². The predicted octanol–water partition coefficient (Wildman–Crippen LogP) is 5.56. The number of hydrogen-bond donors (Lipinski definition) is 1. The summed E-state index contributed by atoms with van der Waals surface area (Å²) in [7, 11) is 0. The third-order valence-corrected chi connectivity index (χ3v) is 4.06. The van der Waals surface area contributed by atoms with Crippen LogP contribution in [0.5, 0.6) is 0 Å². The van der Waals surface area contributed by atoms with E-state index in [2.05, 4.69) is 27.9 Å². The molecule has 0 radical (unpaired) electrons. The molecule has 2 nitrogen and oxygen atoms in total. The number of nitrogens with one attached hydrogen (secondary N) is 1. The Labute approximate surface area is 147 Å². The first kappa shape index (κ1) is 16.3. The third-order valence-electron chi connectivity index (χ3n) is 2.82. The maximum Gasteiger partial charge on any atom is 0.248 e. The van der Waals surface area contributed by atoms with Gasteiger partial charge in [0.1, 0.15) is 0 Å². The van der Waals surface area contributed by atoms with E-state index in [0.29, 0.717) is 10.0 Å². The molecule has 0 unspecified atom stereocenters. The first-order valence-corrected chi connectivity index (χ1v) is 7.99. The van der Waals surface area contributed by atoms with Crippen molar-refractivity contribution >= 4 is 63.5 Å². The van der Waals surface area contributed by atoms with Crippen molar-refractivity contribution in [3.05, 3.63) is 67.2 Å². The molecule has 0 atom stereocenters. The molecule has 2 aromatic carbocycles. The zero-order chi connectivity index (χ0) is 15.4. The molecule has 1 N–H and O–H groups in total. The van der Waals surface area contributed by atoms with Crippen molar-refractivity contribution < 1.29 is 4.79 Å². The molecule has 0 aliphatic heterocycles. The Morgan fingerprint density at radius 1 is 1.19 bits per heavy atom. The van der Waals surface area contributed by atoms with Gasteiger partial charge in [0.15, 0.2) is 0 Å². The van der Waals surface area contributed by atoms with E-state index in [-0.39, 0.29) is 5.91 Å². The second kappa shape index (κ2) is 7.29. The third kappa shape index (κ3) is 4.73. The van der Waals surface area contributed by atoms with E-state index in [1.807, 2.05) is 25.1 Å². The fraction of sp³-hybridized carbons (Fsp3) is 0.0625. The summed E-state index contributed by atoms with van der Waals surface area (Å²) in [6.07, 6.45) is 3.11. The van der Waals surface area contributed by atoms with Gasteiger partial charge < -0.3 is 5.32 Å². The molecule has 0 saturated carbocycles. The molecule has 0 aromatic heterocycles. The van der Waals surface area contributed by atoms with E-state index < -0.39 is 0 Å². The van der Waals surface area contributed by atoms with Crippen molar-refractivity contribution in [2.24, 2.45) is 0 Å². The molecule has 0 heterocycles. The Morgan fingerprint density at radius 2 is 1.95 bits per heavy atom. The highest BCUT2D eigenvalue weighted by molar-refractivity contribution is 14.1. The summed E-state index contributed by atoms with van der Waals surface area (Å²) in [5.41, 5.74) is 2.57. The van der Waals surface area contributed by atoms with Crippen LogP contribution in [0, 0.1) is 10.5 Å². The van der Waals surface area contributed by atoms with Crippen molar-refractivity contribution in [2.75, 3.05) is 5.32 Å². The lowest BCUT2D eigenvalue weighted by atomic mass is 10.2. The van der Waals surface area contributed by atoms with Crippen molar-refractivity contribution in [3.63, 3.8) is 0 Å². The lowest BCUT2D eigenvalue weighted by Gasteiger charge is -2.06. The van der Waals surface area contributed by atoms with Crippen LogP contribution in [0.25, 0.3) is 6.08 Å². The van der Waals surface area contributed by atoms with Gasteiger partial charge in [0.05, 0.1) is 0 Å². The molecular formula is C16H12Cl2INO. The molecule has 108 valence electrons. The highest BCUT2D eigenvalue weighted by atomic mass is 127. The number of halogens is 3. The van der Waals surface area contributed by atoms with Crippen molar-refractivity contribution in [1.29, 1.82) is 0 Å². The van der Waals surface area contributed by atoms with Gasteiger partial charge in [-0.2, -0.15) is 0 Å². The van der Waals surface area contributed by atoms with Crippen molar-refractivity contribution in [3.8, 4) is 0 Å². The standard InChI is InChI=1S/C16H12Cl2INO/c1-10-8-13(19)5-6-15(10)20-16(21)7-3-11-2-4-12(17)9-14(11)18/h2-9H,1H3,(H,20,21)/b7-3+. The number of aryl methyl sites for hydroxylation is 1.